The molecule has 0 saturated carbocycles. The van der Waals surface area contributed by atoms with Crippen LogP contribution in [0.1, 0.15) is 90.4 Å². The summed E-state index contributed by atoms with van der Waals surface area (Å²) in [6.45, 7) is 22.1. The van der Waals surface area contributed by atoms with Gasteiger partial charge >= 0.3 is 0 Å². The van der Waals surface area contributed by atoms with Crippen LogP contribution in [0.5, 0.6) is 0 Å². The summed E-state index contributed by atoms with van der Waals surface area (Å²) >= 11 is 9.65. The molecule has 610 valence electrons. The first-order chi connectivity index (χ1) is 55.4. The van der Waals surface area contributed by atoms with Crippen molar-refractivity contribution >= 4 is 130 Å². The molecule has 0 atom stereocenters. The fourth-order valence-corrected chi connectivity index (χ4v) is 13.1. The highest BCUT2D eigenvalue weighted by atomic mass is 128. The standard InChI is InChI=1S/2C30H32N6O.C16H15N5.C13H17ClN2O.2CH4.I2.HI/c2*1-22-5-6-24(18-28(22)34-30-32-13-11-27(33-30)26-4-3-12-31-20-26)19-29(37)25-9-7-23(8-10-25)21-36-16-14-35(2)15-17-36;1-11-4-5-13(17)9-15(11)21-16-19-8-6-14(20-16)12-3-2-7-18-10-12;1-15-6-8-16(9-7-15)10-11-2-4-12(5-3-11)13(14)17;;;1-2;/h2*3-13,18,20H,14-17,19,21H2,1-2H3,(H,32,33,34);2-10H,17H2,1H3,(H,19,20,21);2-5H,6-10H2,1H3;2*1H4;;1H. The fraction of sp³-hybridized carbons (Fsp3) is 0.275. The van der Waals surface area contributed by atoms with Crippen LogP contribution in [0.4, 0.5) is 40.6 Å². The normalized spacial score (nSPS) is 13.7. The minimum absolute atomic E-state index is 0. The Morgan fingerprint density at radius 1 is 0.385 bits per heavy atom. The highest BCUT2D eigenvalue weighted by molar-refractivity contribution is 15.0. The second kappa shape index (κ2) is 47.8. The predicted molar refractivity (Wildman–Crippen MR) is 504 cm³/mol. The first-order valence-corrected chi connectivity index (χ1v) is 44.6. The predicted octanol–water partition coefficient (Wildman–Crippen LogP) is 18.2. The van der Waals surface area contributed by atoms with Crippen LogP contribution in [0.3, 0.4) is 0 Å². The molecule has 0 radical (unpaired) electrons. The molecule has 3 saturated heterocycles. The quantitative estimate of drug-likeness (QED) is 0.0213. The number of aryl methyl sites for hydroxylation is 3. The van der Waals surface area contributed by atoms with Crippen molar-refractivity contribution in [1.82, 2.24) is 74.3 Å². The second-order valence-electron chi connectivity index (χ2n) is 28.6. The van der Waals surface area contributed by atoms with Gasteiger partial charge in [-0.15, -0.1) is 24.0 Å². The van der Waals surface area contributed by atoms with Gasteiger partial charge in [-0.2, -0.15) is 0 Å². The number of piperazine rings is 3. The van der Waals surface area contributed by atoms with Crippen molar-refractivity contribution in [3.63, 3.8) is 0 Å². The Labute approximate surface area is 734 Å². The molecule has 3 aliphatic rings. The van der Waals surface area contributed by atoms with Crippen molar-refractivity contribution in [2.75, 3.05) is 121 Å². The van der Waals surface area contributed by atoms with Crippen molar-refractivity contribution in [2.24, 2.45) is 0 Å². The molecule has 0 spiro atoms. The SMILES string of the molecule is C.C.CN1CCN(Cc2ccc(C(=O)Cl)cc2)CC1.Cc1ccc(CC(=O)c2ccc(CN3CCN(C)CC3)cc2)cc1Nc1nccc(-c2cccnc2)n1.Cc1ccc(CC(=O)c2ccc(CN3CCN(C)CC3)cc2)cc1Nc1nccc(-c2cccnc2)n1.Cc1ccc(N)cc1Nc1nccc(-c2cccnc2)n1.I.II. The summed E-state index contributed by atoms with van der Waals surface area (Å²) in [6, 6.07) is 58.6. The number of aromatic nitrogens is 9. The summed E-state index contributed by atoms with van der Waals surface area (Å²) in [7, 11) is 6.48. The average Bonchev–Trinajstić information content (AvgIpc) is 0.847. The Kier molecular flexibility index (Phi) is 37.9. The van der Waals surface area contributed by atoms with Crippen LogP contribution < -0.4 is 21.7 Å². The van der Waals surface area contributed by atoms with E-state index in [9.17, 15) is 14.4 Å². The van der Waals surface area contributed by atoms with Crippen LogP contribution >= 0.6 is 72.8 Å². The van der Waals surface area contributed by atoms with Crippen molar-refractivity contribution in [3.05, 3.63) is 299 Å². The number of halogens is 4. The third kappa shape index (κ3) is 29.2. The summed E-state index contributed by atoms with van der Waals surface area (Å²) in [5.74, 6) is 1.75. The van der Waals surface area contributed by atoms with Crippen molar-refractivity contribution in [2.45, 2.75) is 68.1 Å². The average molecular weight is 1930 g/mol. The highest BCUT2D eigenvalue weighted by Gasteiger charge is 2.20. The van der Waals surface area contributed by atoms with Gasteiger partial charge in [0.1, 0.15) is 0 Å². The molecule has 0 aliphatic carbocycles. The van der Waals surface area contributed by atoms with E-state index >= 15 is 0 Å². The number of nitrogens with two attached hydrogens (primary N) is 1. The molecule has 5 N–H and O–H groups in total. The van der Waals surface area contributed by atoms with Gasteiger partial charge in [-0.25, -0.2) is 29.9 Å². The number of carbonyl (C=O) groups is 3. The summed E-state index contributed by atoms with van der Waals surface area (Å²) in [5.41, 5.74) is 25.3. The summed E-state index contributed by atoms with van der Waals surface area (Å²) < 4.78 is 0. The van der Waals surface area contributed by atoms with E-state index in [-0.39, 0.29) is 50.4 Å². The number of hydrogen-bond donors (Lipinski definition) is 4. The van der Waals surface area contributed by atoms with E-state index in [4.69, 9.17) is 17.3 Å². The fourth-order valence-electron chi connectivity index (χ4n) is 12.9. The molecule has 3 aliphatic heterocycles. The van der Waals surface area contributed by atoms with Gasteiger partial charge in [-0.1, -0.05) is 106 Å². The number of carbonyl (C=O) groups excluding carboxylic acids is 3. The van der Waals surface area contributed by atoms with Crippen LogP contribution in [0.25, 0.3) is 33.8 Å². The topological polar surface area (TPSA) is 249 Å². The molecule has 9 heterocycles. The Balaban J connectivity index is 0.000000200. The van der Waals surface area contributed by atoms with Crippen LogP contribution in [0.2, 0.25) is 0 Å². The molecule has 0 unspecified atom stereocenters. The number of anilines is 7. The number of nitrogens with zero attached hydrogens (tertiary/aromatic N) is 15. The van der Waals surface area contributed by atoms with E-state index in [2.05, 4.69) is 173 Å². The third-order valence-corrected chi connectivity index (χ3v) is 20.1. The monoisotopic (exact) mass is 1930 g/mol. The van der Waals surface area contributed by atoms with E-state index in [1.165, 1.54) is 16.7 Å². The van der Waals surface area contributed by atoms with Gasteiger partial charge in [-0.3, -0.25) is 44.0 Å². The molecule has 0 bridgehead atoms. The Bertz CT molecular complexity index is 4850. The van der Waals surface area contributed by atoms with E-state index in [1.807, 2.05) is 166 Å². The van der Waals surface area contributed by atoms with Crippen LogP contribution in [-0.4, -0.2) is 191 Å². The zero-order valence-electron chi connectivity index (χ0n) is 65.6. The maximum atomic E-state index is 13.0. The number of Topliss-reactive ketones (excluding diaryl/α,β-unsaturated/α-hetero) is 2. The molecule has 6 aromatic heterocycles. The van der Waals surface area contributed by atoms with Gasteiger partial charge in [-0.05, 0) is 189 Å². The largest absolute Gasteiger partial charge is 0.399 e. The number of pyridine rings is 3. The van der Waals surface area contributed by atoms with Gasteiger partial charge in [0.15, 0.2) is 11.6 Å². The maximum Gasteiger partial charge on any atom is 0.252 e. The number of nitrogen functional groups attached to an aromatic ring is 1. The number of ketones is 2. The summed E-state index contributed by atoms with van der Waals surface area (Å²) in [5, 5.41) is 9.45. The summed E-state index contributed by atoms with van der Waals surface area (Å²) in [6.07, 6.45) is 16.4. The molecule has 26 heteroatoms. The van der Waals surface area contributed by atoms with Crippen LogP contribution in [-0.2, 0) is 32.5 Å². The lowest BCUT2D eigenvalue weighted by Crippen LogP contribution is -2.43. The van der Waals surface area contributed by atoms with Gasteiger partial charge in [0, 0.05) is 260 Å². The van der Waals surface area contributed by atoms with E-state index in [0.29, 0.717) is 41.9 Å². The number of nitrogens with one attached hydrogen (secondary N) is 3. The van der Waals surface area contributed by atoms with Gasteiger partial charge in [0.25, 0.3) is 5.24 Å². The Morgan fingerprint density at radius 2 is 0.675 bits per heavy atom. The Hall–Kier alpha value is -9.54. The molecule has 22 nitrogen and oxygen atoms in total. The maximum absolute atomic E-state index is 13.0. The number of rotatable bonds is 22. The smallest absolute Gasteiger partial charge is 0.252 e. The van der Waals surface area contributed by atoms with E-state index < -0.39 is 5.24 Å². The van der Waals surface area contributed by atoms with Crippen molar-refractivity contribution in [1.29, 1.82) is 0 Å². The molecule has 3 fully saturated rings. The lowest BCUT2D eigenvalue weighted by Gasteiger charge is -2.32. The minimum Gasteiger partial charge on any atom is -0.399 e. The molecule has 0 amide bonds. The van der Waals surface area contributed by atoms with Gasteiger partial charge < -0.3 is 36.4 Å². The zero-order valence-corrected chi connectivity index (χ0v) is 73.0. The zero-order chi connectivity index (χ0) is 80.1. The van der Waals surface area contributed by atoms with Crippen molar-refractivity contribution in [3.8, 4) is 33.8 Å². The highest BCUT2D eigenvalue weighted by Crippen LogP contribution is 2.28. The van der Waals surface area contributed by atoms with Crippen LogP contribution in [0, 0.1) is 20.8 Å². The molecule has 12 aromatic rings. The van der Waals surface area contributed by atoms with E-state index in [1.54, 1.807) is 67.9 Å². The minimum atomic E-state index is -0.392. The first-order valence-electron chi connectivity index (χ1n) is 37.9. The lowest BCUT2D eigenvalue weighted by molar-refractivity contribution is 0.0984. The van der Waals surface area contributed by atoms with Crippen molar-refractivity contribution < 1.29 is 14.4 Å². The molecular weight excluding hydrogens is 1820 g/mol. The van der Waals surface area contributed by atoms with E-state index in [0.717, 1.165) is 188 Å². The van der Waals surface area contributed by atoms with Gasteiger partial charge in [0.05, 0.1) is 17.1 Å². The molecular formula is C91H105ClI3N19O3. The number of likely N-dealkylation sites (N-methyl/N-ethyl adjacent to an activating group) is 3. The molecule has 15 rings (SSSR count). The molecule has 117 heavy (non-hydrogen) atoms. The first kappa shape index (κ1) is 93.0. The van der Waals surface area contributed by atoms with Gasteiger partial charge in [0.2, 0.25) is 17.8 Å². The lowest BCUT2D eigenvalue weighted by atomic mass is 10.00. The molecule has 6 aromatic carbocycles. The third-order valence-electron chi connectivity index (χ3n) is 19.9. The number of benzene rings is 6. The summed E-state index contributed by atoms with van der Waals surface area (Å²) in [4.78, 5) is 90.7. The Morgan fingerprint density at radius 3 is 0.974 bits per heavy atom. The second-order valence-corrected chi connectivity index (χ2v) is 28.9. The number of hydrogen-bond acceptors (Lipinski definition) is 22. The van der Waals surface area contributed by atoms with Crippen LogP contribution in [0.15, 0.2) is 238 Å².